The van der Waals surface area contributed by atoms with Crippen LogP contribution in [0.5, 0.6) is 5.75 Å². The summed E-state index contributed by atoms with van der Waals surface area (Å²) in [6.45, 7) is 2.85. The van der Waals surface area contributed by atoms with Gasteiger partial charge in [0.15, 0.2) is 0 Å². The number of methoxy groups -OCH3 is 1. The van der Waals surface area contributed by atoms with Crippen molar-refractivity contribution in [1.82, 2.24) is 19.9 Å². The molecule has 9 nitrogen and oxygen atoms in total. The fraction of sp³-hybridized carbons (Fsp3) is 0.300. The number of hydrogen-bond donors (Lipinski definition) is 2. The Labute approximate surface area is 180 Å². The number of morpholine rings is 1. The Hall–Kier alpha value is -2.98. The zero-order valence-electron chi connectivity index (χ0n) is 16.2. The smallest absolute Gasteiger partial charge is 0.271 e. The molecule has 0 atom stereocenters. The summed E-state index contributed by atoms with van der Waals surface area (Å²) >= 11 is 3.59. The van der Waals surface area contributed by atoms with Gasteiger partial charge in [-0.25, -0.2) is 9.97 Å². The second-order valence-electron chi connectivity index (χ2n) is 7.01. The number of carbonyl (C=O) groups excluding carboxylic acids is 1. The first kappa shape index (κ1) is 19.0. The number of halogens is 1. The standard InChI is InChI=1S/C20H19BrN6O3/c1-29-14-7-12-9-22-8-11(12)6-13(14)25-18-15-16(21)17(26-19(15)24-10-23-18)20(28)27-2-4-30-5-3-27/h6-8,10H,2-5,9H2,1H3,(H2,23,24,25,26). The zero-order valence-corrected chi connectivity index (χ0v) is 17.8. The third kappa shape index (κ3) is 3.21. The minimum absolute atomic E-state index is 0.0968. The molecule has 2 aliphatic rings. The summed E-state index contributed by atoms with van der Waals surface area (Å²) in [6.07, 6.45) is 3.30. The maximum absolute atomic E-state index is 13.0. The molecule has 1 fully saturated rings. The molecule has 154 valence electrons. The van der Waals surface area contributed by atoms with Crippen molar-refractivity contribution in [2.24, 2.45) is 4.99 Å². The number of rotatable bonds is 4. The number of nitrogens with zero attached hydrogens (tertiary/aromatic N) is 4. The lowest BCUT2D eigenvalue weighted by molar-refractivity contribution is 0.0299. The van der Waals surface area contributed by atoms with Gasteiger partial charge in [-0.05, 0) is 39.2 Å². The summed E-state index contributed by atoms with van der Waals surface area (Å²) in [4.78, 5) is 30.9. The van der Waals surface area contributed by atoms with Crippen molar-refractivity contribution < 1.29 is 14.3 Å². The van der Waals surface area contributed by atoms with Crippen molar-refractivity contribution in [2.75, 3.05) is 38.7 Å². The fourth-order valence-corrected chi connectivity index (χ4v) is 4.33. The minimum Gasteiger partial charge on any atom is -0.495 e. The number of amides is 1. The van der Waals surface area contributed by atoms with E-state index < -0.39 is 0 Å². The van der Waals surface area contributed by atoms with Gasteiger partial charge < -0.3 is 24.7 Å². The first-order valence-corrected chi connectivity index (χ1v) is 10.3. The molecule has 0 aliphatic carbocycles. The highest BCUT2D eigenvalue weighted by atomic mass is 79.9. The Kier molecular flexibility index (Phi) is 4.87. The summed E-state index contributed by atoms with van der Waals surface area (Å²) in [7, 11) is 1.63. The van der Waals surface area contributed by atoms with Crippen LogP contribution in [0.3, 0.4) is 0 Å². The Morgan fingerprint density at radius 2 is 2.13 bits per heavy atom. The van der Waals surface area contributed by atoms with Gasteiger partial charge in [0.05, 0.1) is 42.4 Å². The van der Waals surface area contributed by atoms with Crippen LogP contribution >= 0.6 is 15.9 Å². The second-order valence-corrected chi connectivity index (χ2v) is 7.80. The summed E-state index contributed by atoms with van der Waals surface area (Å²) in [5, 5.41) is 4.04. The van der Waals surface area contributed by atoms with Crippen molar-refractivity contribution >= 4 is 50.6 Å². The van der Waals surface area contributed by atoms with Crippen molar-refractivity contribution in [3.63, 3.8) is 0 Å². The number of benzene rings is 1. The van der Waals surface area contributed by atoms with E-state index in [4.69, 9.17) is 9.47 Å². The van der Waals surface area contributed by atoms with Gasteiger partial charge in [0.2, 0.25) is 0 Å². The molecule has 1 amide bonds. The van der Waals surface area contributed by atoms with E-state index in [1.807, 2.05) is 18.3 Å². The highest BCUT2D eigenvalue weighted by Crippen LogP contribution is 2.37. The SMILES string of the molecule is COc1cc2c(cc1Nc1ncnc3[nH]c(C(=O)N4CCOCC4)c(Br)c13)C=NC2. The lowest BCUT2D eigenvalue weighted by Crippen LogP contribution is -2.40. The van der Waals surface area contributed by atoms with Crippen LogP contribution in [0.2, 0.25) is 0 Å². The highest BCUT2D eigenvalue weighted by molar-refractivity contribution is 9.10. The third-order valence-electron chi connectivity index (χ3n) is 5.25. The molecule has 0 radical (unpaired) electrons. The Bertz CT molecular complexity index is 1170. The van der Waals surface area contributed by atoms with Gasteiger partial charge in [0.1, 0.15) is 29.2 Å². The van der Waals surface area contributed by atoms with E-state index in [1.165, 1.54) is 6.33 Å². The third-order valence-corrected chi connectivity index (χ3v) is 6.04. The van der Waals surface area contributed by atoms with Gasteiger partial charge in [-0.2, -0.15) is 0 Å². The molecule has 10 heteroatoms. The molecule has 5 rings (SSSR count). The van der Waals surface area contributed by atoms with E-state index in [0.29, 0.717) is 65.6 Å². The second kappa shape index (κ2) is 7.69. The van der Waals surface area contributed by atoms with Crippen LogP contribution in [-0.4, -0.2) is 65.4 Å². The van der Waals surface area contributed by atoms with Crippen LogP contribution in [-0.2, 0) is 11.3 Å². The Morgan fingerprint density at radius 1 is 1.30 bits per heavy atom. The molecule has 30 heavy (non-hydrogen) atoms. The number of aliphatic imine (C=N–C) groups is 1. The summed E-state index contributed by atoms with van der Waals surface area (Å²) < 4.78 is 11.5. The molecule has 3 aromatic rings. The van der Waals surface area contributed by atoms with E-state index >= 15 is 0 Å². The van der Waals surface area contributed by atoms with Crippen molar-refractivity contribution in [1.29, 1.82) is 0 Å². The maximum Gasteiger partial charge on any atom is 0.271 e. The number of hydrogen-bond acceptors (Lipinski definition) is 7. The highest BCUT2D eigenvalue weighted by Gasteiger charge is 2.25. The molecule has 0 saturated carbocycles. The molecule has 0 spiro atoms. The number of nitrogens with one attached hydrogen (secondary N) is 2. The van der Waals surface area contributed by atoms with Crippen LogP contribution in [0.15, 0.2) is 27.9 Å². The van der Waals surface area contributed by atoms with Crippen LogP contribution in [0.4, 0.5) is 11.5 Å². The number of ether oxygens (including phenoxy) is 2. The number of H-pyrrole nitrogens is 1. The Balaban J connectivity index is 1.54. The van der Waals surface area contributed by atoms with Crippen molar-refractivity contribution in [2.45, 2.75) is 6.54 Å². The summed E-state index contributed by atoms with van der Waals surface area (Å²) in [5.41, 5.74) is 3.94. The average molecular weight is 471 g/mol. The van der Waals surface area contributed by atoms with Crippen LogP contribution < -0.4 is 10.1 Å². The number of fused-ring (bicyclic) bond motifs is 2. The predicted octanol–water partition coefficient (Wildman–Crippen LogP) is 2.88. The van der Waals surface area contributed by atoms with Gasteiger partial charge in [-0.3, -0.25) is 9.79 Å². The molecule has 0 unspecified atom stereocenters. The van der Waals surface area contributed by atoms with E-state index in [0.717, 1.165) is 16.8 Å². The first-order chi connectivity index (χ1) is 14.7. The maximum atomic E-state index is 13.0. The summed E-state index contributed by atoms with van der Waals surface area (Å²) in [5.74, 6) is 1.17. The average Bonchev–Trinajstić information content (AvgIpc) is 3.37. The van der Waals surface area contributed by atoms with E-state index in [-0.39, 0.29) is 5.91 Å². The summed E-state index contributed by atoms with van der Waals surface area (Å²) in [6, 6.07) is 3.96. The minimum atomic E-state index is -0.0968. The van der Waals surface area contributed by atoms with Gasteiger partial charge in [-0.15, -0.1) is 0 Å². The van der Waals surface area contributed by atoms with E-state index in [1.54, 1.807) is 12.0 Å². The van der Waals surface area contributed by atoms with E-state index in [2.05, 4.69) is 41.2 Å². The molecule has 0 bridgehead atoms. The normalized spacial score (nSPS) is 15.5. The van der Waals surface area contributed by atoms with Crippen molar-refractivity contribution in [3.8, 4) is 5.75 Å². The lowest BCUT2D eigenvalue weighted by atomic mass is 10.1. The monoisotopic (exact) mass is 470 g/mol. The van der Waals surface area contributed by atoms with Crippen LogP contribution in [0, 0.1) is 0 Å². The fourth-order valence-electron chi connectivity index (χ4n) is 3.69. The van der Waals surface area contributed by atoms with Gasteiger partial charge in [0, 0.05) is 19.3 Å². The molecule has 4 heterocycles. The predicted molar refractivity (Wildman–Crippen MR) is 116 cm³/mol. The van der Waals surface area contributed by atoms with Crippen LogP contribution in [0.1, 0.15) is 21.6 Å². The molecule has 1 saturated heterocycles. The molecular weight excluding hydrogens is 452 g/mol. The molecule has 2 aliphatic heterocycles. The van der Waals surface area contributed by atoms with E-state index in [9.17, 15) is 4.79 Å². The number of anilines is 2. The van der Waals surface area contributed by atoms with Gasteiger partial charge >= 0.3 is 0 Å². The topological polar surface area (TPSA) is 105 Å². The zero-order chi connectivity index (χ0) is 20.7. The molecule has 1 aromatic carbocycles. The first-order valence-electron chi connectivity index (χ1n) is 9.52. The molecule has 2 N–H and O–H groups in total. The lowest BCUT2D eigenvalue weighted by Gasteiger charge is -2.26. The number of aromatic nitrogens is 3. The molecule has 2 aromatic heterocycles. The van der Waals surface area contributed by atoms with Crippen LogP contribution in [0.25, 0.3) is 11.0 Å². The molecular formula is C20H19BrN6O3. The number of carbonyl (C=O) groups is 1. The number of aromatic amines is 1. The van der Waals surface area contributed by atoms with Crippen molar-refractivity contribution in [3.05, 3.63) is 39.8 Å². The largest absolute Gasteiger partial charge is 0.495 e. The van der Waals surface area contributed by atoms with Gasteiger partial charge in [0.25, 0.3) is 5.91 Å². The quantitative estimate of drug-likeness (QED) is 0.607. The Morgan fingerprint density at radius 3 is 2.93 bits per heavy atom. The van der Waals surface area contributed by atoms with Gasteiger partial charge in [-0.1, -0.05) is 0 Å².